The highest BCUT2D eigenvalue weighted by Gasteiger charge is 2.25. The van der Waals surface area contributed by atoms with Crippen LogP contribution in [0.1, 0.15) is 41.7 Å². The van der Waals surface area contributed by atoms with Crippen molar-refractivity contribution in [2.75, 3.05) is 13.1 Å². The predicted octanol–water partition coefficient (Wildman–Crippen LogP) is 4.24. The van der Waals surface area contributed by atoms with Crippen molar-refractivity contribution in [1.29, 1.82) is 0 Å². The molecule has 0 unspecified atom stereocenters. The van der Waals surface area contributed by atoms with Crippen LogP contribution in [0.15, 0.2) is 45.8 Å². The lowest BCUT2D eigenvalue weighted by atomic mass is 9.98. The number of likely N-dealkylation sites (tertiary alicyclic amines) is 1. The number of nitrogens with zero attached hydrogens (tertiary/aromatic N) is 3. The predicted molar refractivity (Wildman–Crippen MR) is 95.1 cm³/mol. The Morgan fingerprint density at radius 1 is 1.28 bits per heavy atom. The molecule has 3 aromatic rings. The zero-order chi connectivity index (χ0) is 17.1. The van der Waals surface area contributed by atoms with Crippen LogP contribution >= 0.6 is 11.3 Å². The first-order valence-electron chi connectivity index (χ1n) is 8.55. The average molecular weight is 357 g/mol. The largest absolute Gasteiger partial charge is 0.445 e. The summed E-state index contributed by atoms with van der Waals surface area (Å²) in [5, 5.41) is 2.10. The molecule has 6 heteroatoms. The molecule has 0 spiro atoms. The van der Waals surface area contributed by atoms with Crippen LogP contribution in [0.2, 0.25) is 0 Å². The Kier molecular flexibility index (Phi) is 4.90. The second kappa shape index (κ2) is 7.45. The quantitative estimate of drug-likeness (QED) is 0.685. The fourth-order valence-electron chi connectivity index (χ4n) is 3.37. The van der Waals surface area contributed by atoms with Crippen molar-refractivity contribution in [2.24, 2.45) is 0 Å². The van der Waals surface area contributed by atoms with Crippen LogP contribution < -0.4 is 0 Å². The minimum atomic E-state index is -0.201. The van der Waals surface area contributed by atoms with E-state index in [1.165, 1.54) is 6.07 Å². The number of hydrogen-bond donors (Lipinski definition) is 0. The summed E-state index contributed by atoms with van der Waals surface area (Å²) >= 11 is 1.63. The standard InChI is InChI=1S/C19H20FN3OS/c20-18-6-2-1-4-14(18)8-17-9-21-19(24-17)15-5-3-7-23(10-15)11-16-12-25-13-22-16/h1-2,4,6,9,12-13,15H,3,5,7-8,10-11H2/t15-/m0/s1. The number of aromatic nitrogens is 2. The molecule has 130 valence electrons. The van der Waals surface area contributed by atoms with Gasteiger partial charge < -0.3 is 4.42 Å². The fraction of sp³-hybridized carbons (Fsp3) is 0.368. The molecule has 0 bridgehead atoms. The van der Waals surface area contributed by atoms with Gasteiger partial charge in [0.2, 0.25) is 0 Å². The van der Waals surface area contributed by atoms with Gasteiger partial charge in [0, 0.05) is 30.8 Å². The number of rotatable bonds is 5. The lowest BCUT2D eigenvalue weighted by Crippen LogP contribution is -2.34. The normalized spacial score (nSPS) is 18.5. The molecule has 1 saturated heterocycles. The van der Waals surface area contributed by atoms with E-state index in [4.69, 9.17) is 4.42 Å². The Balaban J connectivity index is 1.41. The minimum Gasteiger partial charge on any atom is -0.445 e. The first-order valence-corrected chi connectivity index (χ1v) is 9.49. The molecule has 0 aliphatic carbocycles. The van der Waals surface area contributed by atoms with Gasteiger partial charge in [0.05, 0.1) is 17.4 Å². The molecule has 1 aliphatic rings. The maximum absolute atomic E-state index is 13.8. The third-order valence-electron chi connectivity index (χ3n) is 4.62. The van der Waals surface area contributed by atoms with Gasteiger partial charge in [-0.3, -0.25) is 4.90 Å². The van der Waals surface area contributed by atoms with Crippen LogP contribution in [-0.2, 0) is 13.0 Å². The van der Waals surface area contributed by atoms with Crippen molar-refractivity contribution < 1.29 is 8.81 Å². The highest BCUT2D eigenvalue weighted by Crippen LogP contribution is 2.28. The molecule has 1 atom stereocenters. The molecule has 1 fully saturated rings. The van der Waals surface area contributed by atoms with Crippen molar-refractivity contribution in [3.05, 3.63) is 70.1 Å². The van der Waals surface area contributed by atoms with Gasteiger partial charge >= 0.3 is 0 Å². The molecule has 1 aromatic carbocycles. The summed E-state index contributed by atoms with van der Waals surface area (Å²) in [6.07, 6.45) is 4.38. The van der Waals surface area contributed by atoms with Crippen molar-refractivity contribution in [1.82, 2.24) is 14.9 Å². The Hall–Kier alpha value is -2.05. The molecule has 3 heterocycles. The van der Waals surface area contributed by atoms with Gasteiger partial charge in [-0.15, -0.1) is 11.3 Å². The topological polar surface area (TPSA) is 42.2 Å². The highest BCUT2D eigenvalue weighted by molar-refractivity contribution is 7.07. The van der Waals surface area contributed by atoms with Crippen LogP contribution in [0.3, 0.4) is 0 Å². The third-order valence-corrected chi connectivity index (χ3v) is 5.25. The van der Waals surface area contributed by atoms with Crippen LogP contribution in [0.5, 0.6) is 0 Å². The number of halogens is 1. The van der Waals surface area contributed by atoms with Crippen LogP contribution in [0, 0.1) is 5.82 Å². The van der Waals surface area contributed by atoms with E-state index < -0.39 is 0 Å². The van der Waals surface area contributed by atoms with Crippen molar-refractivity contribution >= 4 is 11.3 Å². The SMILES string of the molecule is Fc1ccccc1Cc1cnc([C@H]2CCCN(Cc3cscn3)C2)o1. The maximum atomic E-state index is 13.8. The van der Waals surface area contributed by atoms with Gasteiger partial charge in [0.25, 0.3) is 0 Å². The van der Waals surface area contributed by atoms with Gasteiger partial charge in [0.15, 0.2) is 5.89 Å². The Morgan fingerprint density at radius 2 is 2.20 bits per heavy atom. The van der Waals surface area contributed by atoms with Gasteiger partial charge in [-0.2, -0.15) is 0 Å². The summed E-state index contributed by atoms with van der Waals surface area (Å²) in [5.41, 5.74) is 3.64. The van der Waals surface area contributed by atoms with Gasteiger partial charge in [-0.05, 0) is 31.0 Å². The second-order valence-electron chi connectivity index (χ2n) is 6.49. The Labute approximate surface area is 150 Å². The number of piperidine rings is 1. The summed E-state index contributed by atoms with van der Waals surface area (Å²) in [6, 6.07) is 6.80. The molecule has 0 N–H and O–H groups in total. The lowest BCUT2D eigenvalue weighted by molar-refractivity contribution is 0.183. The average Bonchev–Trinajstić information content (AvgIpc) is 3.29. The van der Waals surface area contributed by atoms with E-state index in [0.29, 0.717) is 17.9 Å². The molecular formula is C19H20FN3OS. The van der Waals surface area contributed by atoms with Gasteiger partial charge in [-0.25, -0.2) is 14.4 Å². The van der Waals surface area contributed by atoms with E-state index in [2.05, 4.69) is 20.2 Å². The van der Waals surface area contributed by atoms with E-state index in [9.17, 15) is 4.39 Å². The Bertz CT molecular complexity index is 818. The molecule has 0 radical (unpaired) electrons. The van der Waals surface area contributed by atoms with E-state index in [0.717, 1.165) is 49.8 Å². The summed E-state index contributed by atoms with van der Waals surface area (Å²) < 4.78 is 19.7. The van der Waals surface area contributed by atoms with Crippen LogP contribution in [0.25, 0.3) is 0 Å². The zero-order valence-corrected chi connectivity index (χ0v) is 14.7. The molecule has 1 aliphatic heterocycles. The van der Waals surface area contributed by atoms with Crippen molar-refractivity contribution in [3.8, 4) is 0 Å². The summed E-state index contributed by atoms with van der Waals surface area (Å²) in [6.45, 7) is 2.89. The third kappa shape index (κ3) is 3.96. The van der Waals surface area contributed by atoms with Crippen molar-refractivity contribution in [2.45, 2.75) is 31.7 Å². The second-order valence-corrected chi connectivity index (χ2v) is 7.21. The van der Waals surface area contributed by atoms with E-state index in [1.807, 2.05) is 11.6 Å². The summed E-state index contributed by atoms with van der Waals surface area (Å²) in [7, 11) is 0. The lowest BCUT2D eigenvalue weighted by Gasteiger charge is -2.30. The molecule has 4 rings (SSSR count). The monoisotopic (exact) mass is 357 g/mol. The van der Waals surface area contributed by atoms with Gasteiger partial charge in [-0.1, -0.05) is 18.2 Å². The van der Waals surface area contributed by atoms with Crippen LogP contribution in [-0.4, -0.2) is 28.0 Å². The number of benzene rings is 1. The van der Waals surface area contributed by atoms with E-state index >= 15 is 0 Å². The minimum absolute atomic E-state index is 0.201. The van der Waals surface area contributed by atoms with Crippen molar-refractivity contribution in [3.63, 3.8) is 0 Å². The number of thiazole rings is 1. The molecular weight excluding hydrogens is 337 g/mol. The number of oxazole rings is 1. The summed E-state index contributed by atoms with van der Waals surface area (Å²) in [5.74, 6) is 1.58. The van der Waals surface area contributed by atoms with Gasteiger partial charge in [0.1, 0.15) is 11.6 Å². The molecule has 0 saturated carbocycles. The fourth-order valence-corrected chi connectivity index (χ4v) is 3.92. The zero-order valence-electron chi connectivity index (χ0n) is 13.9. The summed E-state index contributed by atoms with van der Waals surface area (Å²) in [4.78, 5) is 11.2. The Morgan fingerprint density at radius 3 is 3.04 bits per heavy atom. The smallest absolute Gasteiger partial charge is 0.198 e. The van der Waals surface area contributed by atoms with E-state index in [-0.39, 0.29) is 5.82 Å². The molecule has 4 nitrogen and oxygen atoms in total. The molecule has 2 aromatic heterocycles. The van der Waals surface area contributed by atoms with Crippen LogP contribution in [0.4, 0.5) is 4.39 Å². The highest BCUT2D eigenvalue weighted by atomic mass is 32.1. The molecule has 25 heavy (non-hydrogen) atoms. The first-order chi connectivity index (χ1) is 12.3. The van der Waals surface area contributed by atoms with E-state index in [1.54, 1.807) is 29.7 Å². The maximum Gasteiger partial charge on any atom is 0.198 e. The number of hydrogen-bond acceptors (Lipinski definition) is 5. The first kappa shape index (κ1) is 16.4. The molecule has 0 amide bonds.